The lowest BCUT2D eigenvalue weighted by atomic mass is 10.1. The number of hydrogen-bond acceptors (Lipinski definition) is 3. The molecule has 0 saturated carbocycles. The molecule has 1 aromatic heterocycles. The standard InChI is InChI=1S/C12H22N4O/c1-9(2)10(3)15-12(17)8-16-6-5-14-11(16)7-13-4/h5-6,9-10,13H,7-8H2,1-4H3,(H,15,17). The van der Waals surface area contributed by atoms with Crippen LogP contribution in [-0.4, -0.2) is 28.5 Å². The Kier molecular flexibility index (Phi) is 5.15. The van der Waals surface area contributed by atoms with E-state index >= 15 is 0 Å². The quantitative estimate of drug-likeness (QED) is 0.769. The van der Waals surface area contributed by atoms with Crippen LogP contribution in [0.5, 0.6) is 0 Å². The van der Waals surface area contributed by atoms with E-state index in [0.717, 1.165) is 5.82 Å². The van der Waals surface area contributed by atoms with Crippen molar-refractivity contribution in [3.63, 3.8) is 0 Å². The maximum atomic E-state index is 11.8. The smallest absolute Gasteiger partial charge is 0.240 e. The highest BCUT2D eigenvalue weighted by Gasteiger charge is 2.12. The molecule has 1 heterocycles. The monoisotopic (exact) mass is 238 g/mol. The number of nitrogens with one attached hydrogen (secondary N) is 2. The molecule has 0 radical (unpaired) electrons. The summed E-state index contributed by atoms with van der Waals surface area (Å²) in [7, 11) is 1.86. The summed E-state index contributed by atoms with van der Waals surface area (Å²) in [6.45, 7) is 7.20. The Bertz CT molecular complexity index is 359. The lowest BCUT2D eigenvalue weighted by molar-refractivity contribution is -0.122. The highest BCUT2D eigenvalue weighted by atomic mass is 16.2. The molecule has 1 unspecified atom stereocenters. The second kappa shape index (κ2) is 6.39. The van der Waals surface area contributed by atoms with Gasteiger partial charge in [0.2, 0.25) is 5.91 Å². The maximum absolute atomic E-state index is 11.8. The zero-order valence-electron chi connectivity index (χ0n) is 11.0. The number of hydrogen-bond donors (Lipinski definition) is 2. The predicted molar refractivity (Wildman–Crippen MR) is 67.4 cm³/mol. The number of rotatable bonds is 6. The van der Waals surface area contributed by atoms with Crippen molar-refractivity contribution in [2.75, 3.05) is 7.05 Å². The Morgan fingerprint density at radius 1 is 1.47 bits per heavy atom. The van der Waals surface area contributed by atoms with Crippen LogP contribution in [0.3, 0.4) is 0 Å². The van der Waals surface area contributed by atoms with E-state index < -0.39 is 0 Å². The average molecular weight is 238 g/mol. The molecule has 1 atom stereocenters. The Hall–Kier alpha value is -1.36. The van der Waals surface area contributed by atoms with E-state index in [-0.39, 0.29) is 11.9 Å². The van der Waals surface area contributed by atoms with Crippen molar-refractivity contribution in [2.24, 2.45) is 5.92 Å². The molecule has 96 valence electrons. The second-order valence-electron chi connectivity index (χ2n) is 4.60. The topological polar surface area (TPSA) is 59.0 Å². The Labute approximate surface area is 103 Å². The molecule has 1 amide bonds. The van der Waals surface area contributed by atoms with Crippen LogP contribution in [0.4, 0.5) is 0 Å². The molecule has 0 bridgehead atoms. The van der Waals surface area contributed by atoms with Gasteiger partial charge < -0.3 is 15.2 Å². The van der Waals surface area contributed by atoms with Crippen LogP contribution in [0.2, 0.25) is 0 Å². The van der Waals surface area contributed by atoms with E-state index in [2.05, 4.69) is 29.5 Å². The molecule has 0 spiro atoms. The first-order valence-electron chi connectivity index (χ1n) is 5.98. The van der Waals surface area contributed by atoms with Gasteiger partial charge in [-0.2, -0.15) is 0 Å². The van der Waals surface area contributed by atoms with E-state index in [0.29, 0.717) is 19.0 Å². The fourth-order valence-corrected chi connectivity index (χ4v) is 1.43. The van der Waals surface area contributed by atoms with E-state index in [1.165, 1.54) is 0 Å². The molecule has 1 aromatic rings. The van der Waals surface area contributed by atoms with Crippen LogP contribution in [0.15, 0.2) is 12.4 Å². The fourth-order valence-electron chi connectivity index (χ4n) is 1.43. The SMILES string of the molecule is CNCc1nccn1CC(=O)NC(C)C(C)C. The van der Waals surface area contributed by atoms with Gasteiger partial charge in [-0.3, -0.25) is 4.79 Å². The maximum Gasteiger partial charge on any atom is 0.240 e. The van der Waals surface area contributed by atoms with Gasteiger partial charge in [0.15, 0.2) is 0 Å². The van der Waals surface area contributed by atoms with Crippen molar-refractivity contribution in [1.82, 2.24) is 20.2 Å². The van der Waals surface area contributed by atoms with Crippen LogP contribution in [-0.2, 0) is 17.9 Å². The number of carbonyl (C=O) groups excluding carboxylic acids is 1. The zero-order chi connectivity index (χ0) is 12.8. The molecule has 5 heteroatoms. The summed E-state index contributed by atoms with van der Waals surface area (Å²) in [4.78, 5) is 16.0. The summed E-state index contributed by atoms with van der Waals surface area (Å²) in [5.74, 6) is 1.35. The zero-order valence-corrected chi connectivity index (χ0v) is 11.0. The van der Waals surface area contributed by atoms with Gasteiger partial charge >= 0.3 is 0 Å². The molecule has 17 heavy (non-hydrogen) atoms. The van der Waals surface area contributed by atoms with Gasteiger partial charge in [0.05, 0.1) is 6.54 Å². The number of carbonyl (C=O) groups is 1. The van der Waals surface area contributed by atoms with Gasteiger partial charge in [-0.1, -0.05) is 13.8 Å². The molecule has 0 aromatic carbocycles. The van der Waals surface area contributed by atoms with Crippen LogP contribution >= 0.6 is 0 Å². The van der Waals surface area contributed by atoms with Crippen LogP contribution in [0.25, 0.3) is 0 Å². The van der Waals surface area contributed by atoms with Crippen LogP contribution < -0.4 is 10.6 Å². The van der Waals surface area contributed by atoms with Gasteiger partial charge in [-0.05, 0) is 19.9 Å². The highest BCUT2D eigenvalue weighted by molar-refractivity contribution is 5.76. The number of imidazole rings is 1. The predicted octanol–water partition coefficient (Wildman–Crippen LogP) is 0.763. The molecule has 0 fully saturated rings. The van der Waals surface area contributed by atoms with Crippen LogP contribution in [0.1, 0.15) is 26.6 Å². The third-order valence-electron chi connectivity index (χ3n) is 2.84. The lowest BCUT2D eigenvalue weighted by Crippen LogP contribution is -2.38. The molecule has 5 nitrogen and oxygen atoms in total. The molecule has 1 rings (SSSR count). The molecular weight excluding hydrogens is 216 g/mol. The summed E-state index contributed by atoms with van der Waals surface area (Å²) < 4.78 is 1.86. The van der Waals surface area contributed by atoms with E-state index in [4.69, 9.17) is 0 Å². The summed E-state index contributed by atoms with van der Waals surface area (Å²) >= 11 is 0. The third-order valence-corrected chi connectivity index (χ3v) is 2.84. The van der Waals surface area contributed by atoms with Crippen molar-refractivity contribution in [3.8, 4) is 0 Å². The molecular formula is C12H22N4O. The molecule has 0 aliphatic heterocycles. The van der Waals surface area contributed by atoms with E-state index in [9.17, 15) is 4.79 Å². The molecule has 0 aliphatic carbocycles. The molecule has 0 aliphatic rings. The minimum Gasteiger partial charge on any atom is -0.352 e. The van der Waals surface area contributed by atoms with Crippen molar-refractivity contribution in [2.45, 2.75) is 39.9 Å². The summed E-state index contributed by atoms with van der Waals surface area (Å²) in [5, 5.41) is 6.01. The van der Waals surface area contributed by atoms with Gasteiger partial charge in [0, 0.05) is 18.4 Å². The van der Waals surface area contributed by atoms with Crippen molar-refractivity contribution >= 4 is 5.91 Å². The second-order valence-corrected chi connectivity index (χ2v) is 4.60. The Balaban J connectivity index is 2.53. The summed E-state index contributed by atoms with van der Waals surface area (Å²) in [5.41, 5.74) is 0. The Morgan fingerprint density at radius 3 is 2.76 bits per heavy atom. The van der Waals surface area contributed by atoms with E-state index in [1.54, 1.807) is 6.20 Å². The normalized spacial score (nSPS) is 12.8. The number of amides is 1. The van der Waals surface area contributed by atoms with Gasteiger partial charge in [0.25, 0.3) is 0 Å². The summed E-state index contributed by atoms with van der Waals surface area (Å²) in [6.07, 6.45) is 3.54. The van der Waals surface area contributed by atoms with Crippen molar-refractivity contribution < 1.29 is 4.79 Å². The number of aromatic nitrogens is 2. The molecule has 2 N–H and O–H groups in total. The van der Waals surface area contributed by atoms with Crippen molar-refractivity contribution in [1.29, 1.82) is 0 Å². The third kappa shape index (κ3) is 4.19. The first-order valence-corrected chi connectivity index (χ1v) is 5.98. The first kappa shape index (κ1) is 13.7. The highest BCUT2D eigenvalue weighted by Crippen LogP contribution is 2.01. The summed E-state index contributed by atoms with van der Waals surface area (Å²) in [6, 6.07) is 0.193. The minimum absolute atomic E-state index is 0.0292. The minimum atomic E-state index is 0.0292. The van der Waals surface area contributed by atoms with E-state index in [1.807, 2.05) is 24.7 Å². The average Bonchev–Trinajstić information content (AvgIpc) is 2.66. The largest absolute Gasteiger partial charge is 0.352 e. The van der Waals surface area contributed by atoms with Crippen LogP contribution in [0, 0.1) is 5.92 Å². The molecule has 0 saturated heterocycles. The van der Waals surface area contributed by atoms with Gasteiger partial charge in [-0.25, -0.2) is 4.98 Å². The first-order chi connectivity index (χ1) is 8.04. The van der Waals surface area contributed by atoms with Gasteiger partial charge in [0.1, 0.15) is 12.4 Å². The van der Waals surface area contributed by atoms with Crippen molar-refractivity contribution in [3.05, 3.63) is 18.2 Å². The van der Waals surface area contributed by atoms with Gasteiger partial charge in [-0.15, -0.1) is 0 Å². The lowest BCUT2D eigenvalue weighted by Gasteiger charge is -2.18. The number of nitrogens with zero attached hydrogens (tertiary/aromatic N) is 2. The Morgan fingerprint density at radius 2 is 2.18 bits per heavy atom. The fraction of sp³-hybridized carbons (Fsp3) is 0.667.